The highest BCUT2D eigenvalue weighted by molar-refractivity contribution is 7.47. The zero-order chi connectivity index (χ0) is 14.5. The fourth-order valence-electron chi connectivity index (χ4n) is 1.78. The summed E-state index contributed by atoms with van der Waals surface area (Å²) in [5.74, 6) is -2.06. The van der Waals surface area contributed by atoms with Gasteiger partial charge in [-0.1, -0.05) is 0 Å². The van der Waals surface area contributed by atoms with Crippen molar-refractivity contribution in [2.45, 2.75) is 24.1 Å². The first-order chi connectivity index (χ1) is 8.55. The lowest BCUT2D eigenvalue weighted by atomic mass is 10.1. The Morgan fingerprint density at radius 2 is 2.05 bits per heavy atom. The topological polar surface area (TPSA) is 172 Å². The molecular formula is C6H12O11P2. The van der Waals surface area contributed by atoms with Crippen molar-refractivity contribution in [3.05, 3.63) is 0 Å². The van der Waals surface area contributed by atoms with Crippen LogP contribution < -0.4 is 0 Å². The maximum atomic E-state index is 11.1. The summed E-state index contributed by atoms with van der Waals surface area (Å²) in [6.45, 7) is -1.37. The van der Waals surface area contributed by atoms with E-state index in [1.54, 1.807) is 0 Å². The van der Waals surface area contributed by atoms with Crippen LogP contribution in [0, 0.1) is 0 Å². The third-order valence-corrected chi connectivity index (χ3v) is 4.09. The molecule has 11 nitrogen and oxygen atoms in total. The van der Waals surface area contributed by atoms with Gasteiger partial charge in [-0.05, 0) is 0 Å². The van der Waals surface area contributed by atoms with Gasteiger partial charge < -0.3 is 29.6 Å². The lowest BCUT2D eigenvalue weighted by Crippen LogP contribution is -2.44. The highest BCUT2D eigenvalue weighted by Gasteiger charge is 2.63. The minimum absolute atomic E-state index is 0.620. The molecule has 2 rings (SSSR count). The summed E-state index contributed by atoms with van der Waals surface area (Å²) in [4.78, 5) is 26.1. The third kappa shape index (κ3) is 3.23. The molecule has 112 valence electrons. The first-order valence-electron chi connectivity index (χ1n) is 4.97. The lowest BCUT2D eigenvalue weighted by Gasteiger charge is -2.23. The maximum absolute atomic E-state index is 11.1. The number of ether oxygens (including phenoxy) is 1. The van der Waals surface area contributed by atoms with Gasteiger partial charge in [0.25, 0.3) is 0 Å². The molecule has 2 aliphatic rings. The molecule has 0 saturated carbocycles. The Labute approximate surface area is 106 Å². The van der Waals surface area contributed by atoms with E-state index >= 15 is 0 Å². The number of hydrogen-bond acceptors (Lipinski definition) is 8. The molecule has 5 atom stereocenters. The minimum Gasteiger partial charge on any atom is -0.387 e. The summed E-state index contributed by atoms with van der Waals surface area (Å²) in [6, 6.07) is 0. The van der Waals surface area contributed by atoms with Crippen LogP contribution in [0.1, 0.15) is 0 Å². The molecule has 2 heterocycles. The van der Waals surface area contributed by atoms with Gasteiger partial charge in [0.15, 0.2) is 0 Å². The average molecular weight is 322 g/mol. The lowest BCUT2D eigenvalue weighted by molar-refractivity contribution is -0.202. The normalized spacial score (nSPS) is 47.1. The van der Waals surface area contributed by atoms with E-state index < -0.39 is 53.0 Å². The summed E-state index contributed by atoms with van der Waals surface area (Å²) < 4.78 is 39.7. The number of hydrogen-bond donors (Lipinski definition) is 5. The predicted octanol–water partition coefficient (Wildman–Crippen LogP) is -1.94. The van der Waals surface area contributed by atoms with E-state index in [-0.39, 0.29) is 0 Å². The largest absolute Gasteiger partial charge is 0.475 e. The third-order valence-electron chi connectivity index (χ3n) is 2.61. The van der Waals surface area contributed by atoms with Crippen LogP contribution in [-0.4, -0.2) is 62.2 Å². The first kappa shape index (κ1) is 15.5. The number of rotatable bonds is 3. The van der Waals surface area contributed by atoms with Gasteiger partial charge in [0.05, 0.1) is 6.61 Å². The second-order valence-corrected chi connectivity index (χ2v) is 6.64. The zero-order valence-electron chi connectivity index (χ0n) is 9.23. The van der Waals surface area contributed by atoms with Gasteiger partial charge in [0.2, 0.25) is 5.79 Å². The van der Waals surface area contributed by atoms with Crippen molar-refractivity contribution < 1.29 is 52.3 Å². The van der Waals surface area contributed by atoms with Crippen molar-refractivity contribution in [2.24, 2.45) is 0 Å². The Hall–Kier alpha value is 0.1000. The minimum atomic E-state index is -4.78. The van der Waals surface area contributed by atoms with Crippen LogP contribution in [0.2, 0.25) is 0 Å². The Morgan fingerprint density at radius 3 is 2.53 bits per heavy atom. The van der Waals surface area contributed by atoms with Crippen molar-refractivity contribution in [3.63, 3.8) is 0 Å². The first-order valence-corrected chi connectivity index (χ1v) is 7.99. The molecular weight excluding hydrogens is 310 g/mol. The summed E-state index contributed by atoms with van der Waals surface area (Å²) in [5.41, 5.74) is 0. The van der Waals surface area contributed by atoms with Crippen molar-refractivity contribution in [1.29, 1.82) is 0 Å². The molecule has 19 heavy (non-hydrogen) atoms. The molecule has 0 aromatic rings. The fourth-order valence-corrected chi connectivity index (χ4v) is 3.11. The number of aliphatic hydroxyl groups is 2. The van der Waals surface area contributed by atoms with Crippen molar-refractivity contribution >= 4 is 15.6 Å². The number of aliphatic hydroxyl groups excluding tert-OH is 2. The van der Waals surface area contributed by atoms with Gasteiger partial charge in [0.1, 0.15) is 24.9 Å². The predicted molar refractivity (Wildman–Crippen MR) is 54.5 cm³/mol. The second kappa shape index (κ2) is 4.83. The molecule has 0 radical (unpaired) electrons. The van der Waals surface area contributed by atoms with Crippen LogP contribution >= 0.6 is 15.6 Å². The Bertz CT molecular complexity index is 446. The highest BCUT2D eigenvalue weighted by Crippen LogP contribution is 2.57. The Kier molecular flexibility index (Phi) is 3.94. The van der Waals surface area contributed by atoms with Crippen molar-refractivity contribution in [3.8, 4) is 0 Å². The molecule has 1 spiro atoms. The molecule has 0 aromatic carbocycles. The van der Waals surface area contributed by atoms with Crippen LogP contribution in [-0.2, 0) is 27.4 Å². The molecule has 2 unspecified atom stereocenters. The molecule has 0 aromatic heterocycles. The number of phosphoric ester groups is 2. The van der Waals surface area contributed by atoms with Crippen LogP contribution in [0.15, 0.2) is 0 Å². The quantitative estimate of drug-likeness (QED) is 0.366. The smallest absolute Gasteiger partial charge is 0.387 e. The molecule has 0 aliphatic carbocycles. The number of phosphoric acid groups is 2. The van der Waals surface area contributed by atoms with E-state index in [4.69, 9.17) is 19.4 Å². The summed E-state index contributed by atoms with van der Waals surface area (Å²) in [7, 11) is -9.17. The average Bonchev–Trinajstić information content (AvgIpc) is 2.68. The molecule has 5 N–H and O–H groups in total. The Balaban J connectivity index is 2.07. The van der Waals surface area contributed by atoms with Crippen LogP contribution in [0.5, 0.6) is 0 Å². The van der Waals surface area contributed by atoms with Crippen molar-refractivity contribution in [2.75, 3.05) is 13.2 Å². The monoisotopic (exact) mass is 322 g/mol. The van der Waals surface area contributed by atoms with E-state index in [0.717, 1.165) is 0 Å². The van der Waals surface area contributed by atoms with E-state index in [9.17, 15) is 19.3 Å². The van der Waals surface area contributed by atoms with Crippen LogP contribution in [0.3, 0.4) is 0 Å². The molecule has 0 amide bonds. The van der Waals surface area contributed by atoms with Crippen LogP contribution in [0.4, 0.5) is 0 Å². The van der Waals surface area contributed by atoms with E-state index in [1.165, 1.54) is 0 Å². The van der Waals surface area contributed by atoms with Gasteiger partial charge in [-0.2, -0.15) is 0 Å². The second-order valence-electron chi connectivity index (χ2n) is 4.02. The van der Waals surface area contributed by atoms with E-state index in [2.05, 4.69) is 13.6 Å². The van der Waals surface area contributed by atoms with Crippen molar-refractivity contribution in [1.82, 2.24) is 0 Å². The fraction of sp³-hybridized carbons (Fsp3) is 1.00. The van der Waals surface area contributed by atoms with Crippen LogP contribution in [0.25, 0.3) is 0 Å². The summed E-state index contributed by atoms with van der Waals surface area (Å²) in [6.07, 6.45) is -4.72. The Morgan fingerprint density at radius 1 is 1.42 bits per heavy atom. The molecule has 2 fully saturated rings. The van der Waals surface area contributed by atoms with Gasteiger partial charge in [0, 0.05) is 0 Å². The molecule has 0 bridgehead atoms. The summed E-state index contributed by atoms with van der Waals surface area (Å²) in [5, 5.41) is 19.4. The highest BCUT2D eigenvalue weighted by atomic mass is 31.2. The molecule has 2 saturated heterocycles. The summed E-state index contributed by atoms with van der Waals surface area (Å²) >= 11 is 0. The standard InChI is InChI=1S/C6H12O11P2/c7-4-3(1-14-18(9,10)11)16-6(5(4)8)2-15-19(12,13)17-6/h3-5,7-8H,1-2H2,(H,12,13)(H2,9,10,11)/t3-,4-,5+,6?/m1/s1. The molecule has 2 aliphatic heterocycles. The zero-order valence-corrected chi connectivity index (χ0v) is 11.0. The van der Waals surface area contributed by atoms with Gasteiger partial charge >= 0.3 is 15.6 Å². The van der Waals surface area contributed by atoms with Gasteiger partial charge in [-0.15, -0.1) is 0 Å². The maximum Gasteiger partial charge on any atom is 0.475 e. The van der Waals surface area contributed by atoms with E-state index in [1.807, 2.05) is 0 Å². The van der Waals surface area contributed by atoms with Gasteiger partial charge in [-0.25, -0.2) is 13.7 Å². The molecule has 13 heteroatoms. The SMILES string of the molecule is O=P(O)(O)OC[C@H]1OC2(COP(=O)(O)O2)[C@@H](O)[C@@H]1O. The van der Waals surface area contributed by atoms with Gasteiger partial charge in [-0.3, -0.25) is 9.05 Å². The van der Waals surface area contributed by atoms with E-state index in [0.29, 0.717) is 0 Å².